The number of hydrogen-bond acceptors (Lipinski definition) is 2. The lowest BCUT2D eigenvalue weighted by molar-refractivity contribution is -0.173. The lowest BCUT2D eigenvalue weighted by atomic mass is 10.3. The standard InChI is InChI=1S/C11H12F4N2O/c12-8-2-4-9(5-3-8)16-6-1-7-17-10(18)11(13,14)15/h2-5,16H,1,6-7H2,(H,17,18). The zero-order valence-corrected chi connectivity index (χ0v) is 9.35. The molecule has 1 aromatic carbocycles. The summed E-state index contributed by atoms with van der Waals surface area (Å²) in [5, 5.41) is 4.64. The molecule has 0 radical (unpaired) electrons. The Balaban J connectivity index is 2.16. The van der Waals surface area contributed by atoms with Crippen molar-refractivity contribution in [1.82, 2.24) is 5.32 Å². The van der Waals surface area contributed by atoms with Crippen LogP contribution in [0.4, 0.5) is 23.2 Å². The van der Waals surface area contributed by atoms with Crippen molar-refractivity contribution in [3.63, 3.8) is 0 Å². The highest BCUT2D eigenvalue weighted by molar-refractivity contribution is 5.81. The van der Waals surface area contributed by atoms with Gasteiger partial charge in [0.1, 0.15) is 5.82 Å². The number of rotatable bonds is 5. The van der Waals surface area contributed by atoms with Crippen molar-refractivity contribution in [3.05, 3.63) is 30.1 Å². The van der Waals surface area contributed by atoms with Crippen LogP contribution in [-0.2, 0) is 4.79 Å². The van der Waals surface area contributed by atoms with Gasteiger partial charge in [-0.3, -0.25) is 4.79 Å². The second-order valence-corrected chi connectivity index (χ2v) is 3.54. The van der Waals surface area contributed by atoms with Crippen LogP contribution in [0.15, 0.2) is 24.3 Å². The van der Waals surface area contributed by atoms with Crippen molar-refractivity contribution in [2.24, 2.45) is 0 Å². The predicted octanol–water partition coefficient (Wildman–Crippen LogP) is 2.31. The Kier molecular flexibility index (Phi) is 4.94. The highest BCUT2D eigenvalue weighted by Gasteiger charge is 2.38. The summed E-state index contributed by atoms with van der Waals surface area (Å²) in [5.41, 5.74) is 0.665. The molecular weight excluding hydrogens is 252 g/mol. The van der Waals surface area contributed by atoms with E-state index in [1.807, 2.05) is 0 Å². The second-order valence-electron chi connectivity index (χ2n) is 3.54. The fourth-order valence-electron chi connectivity index (χ4n) is 1.19. The van der Waals surface area contributed by atoms with Crippen LogP contribution < -0.4 is 10.6 Å². The molecule has 1 rings (SSSR count). The molecule has 0 heterocycles. The largest absolute Gasteiger partial charge is 0.471 e. The van der Waals surface area contributed by atoms with Gasteiger partial charge in [0.05, 0.1) is 0 Å². The number of nitrogens with one attached hydrogen (secondary N) is 2. The van der Waals surface area contributed by atoms with Crippen LogP contribution in [0.25, 0.3) is 0 Å². The highest BCUT2D eigenvalue weighted by atomic mass is 19.4. The van der Waals surface area contributed by atoms with E-state index in [0.29, 0.717) is 18.7 Å². The first kappa shape index (κ1) is 14.3. The summed E-state index contributed by atoms with van der Waals surface area (Å²) in [6, 6.07) is 5.58. The molecule has 1 amide bonds. The molecule has 0 bridgehead atoms. The Morgan fingerprint density at radius 3 is 2.28 bits per heavy atom. The third-order valence-corrected chi connectivity index (χ3v) is 2.07. The fraction of sp³-hybridized carbons (Fsp3) is 0.364. The number of carbonyl (C=O) groups excluding carboxylic acids is 1. The molecule has 0 aromatic heterocycles. The van der Waals surface area contributed by atoms with Crippen LogP contribution >= 0.6 is 0 Å². The van der Waals surface area contributed by atoms with E-state index in [1.165, 1.54) is 24.3 Å². The summed E-state index contributed by atoms with van der Waals surface area (Å²) in [4.78, 5) is 10.4. The Morgan fingerprint density at radius 1 is 1.11 bits per heavy atom. The molecule has 0 saturated carbocycles. The van der Waals surface area contributed by atoms with Crippen LogP contribution in [0.3, 0.4) is 0 Å². The fourth-order valence-corrected chi connectivity index (χ4v) is 1.19. The quantitative estimate of drug-likeness (QED) is 0.633. The molecule has 0 aliphatic heterocycles. The van der Waals surface area contributed by atoms with E-state index >= 15 is 0 Å². The van der Waals surface area contributed by atoms with Crippen molar-refractivity contribution in [2.75, 3.05) is 18.4 Å². The molecule has 18 heavy (non-hydrogen) atoms. The maximum Gasteiger partial charge on any atom is 0.471 e. The number of amides is 1. The monoisotopic (exact) mass is 264 g/mol. The Labute approximate surface area is 101 Å². The minimum atomic E-state index is -4.84. The van der Waals surface area contributed by atoms with Crippen molar-refractivity contribution in [3.8, 4) is 0 Å². The van der Waals surface area contributed by atoms with Gasteiger partial charge in [0.25, 0.3) is 0 Å². The number of alkyl halides is 3. The van der Waals surface area contributed by atoms with Gasteiger partial charge in [-0.05, 0) is 30.7 Å². The molecule has 0 saturated heterocycles. The highest BCUT2D eigenvalue weighted by Crippen LogP contribution is 2.13. The Hall–Kier alpha value is -1.79. The van der Waals surface area contributed by atoms with Gasteiger partial charge in [0.2, 0.25) is 0 Å². The lowest BCUT2D eigenvalue weighted by Crippen LogP contribution is -2.37. The SMILES string of the molecule is O=C(NCCCNc1ccc(F)cc1)C(F)(F)F. The maximum absolute atomic E-state index is 12.5. The molecule has 0 fully saturated rings. The number of hydrogen-bond donors (Lipinski definition) is 2. The molecule has 7 heteroatoms. The minimum absolute atomic E-state index is 0.0768. The van der Waals surface area contributed by atoms with E-state index in [1.54, 1.807) is 5.32 Å². The average molecular weight is 264 g/mol. The van der Waals surface area contributed by atoms with Crippen molar-refractivity contribution in [1.29, 1.82) is 0 Å². The third kappa shape index (κ3) is 5.03. The molecule has 100 valence electrons. The summed E-state index contributed by atoms with van der Waals surface area (Å²) in [7, 11) is 0. The van der Waals surface area contributed by atoms with Crippen LogP contribution in [-0.4, -0.2) is 25.2 Å². The van der Waals surface area contributed by atoms with E-state index < -0.39 is 12.1 Å². The van der Waals surface area contributed by atoms with Gasteiger partial charge >= 0.3 is 12.1 Å². The van der Waals surface area contributed by atoms with Crippen LogP contribution in [0.5, 0.6) is 0 Å². The van der Waals surface area contributed by atoms with Crippen molar-refractivity contribution in [2.45, 2.75) is 12.6 Å². The van der Waals surface area contributed by atoms with Gasteiger partial charge in [0, 0.05) is 18.8 Å². The summed E-state index contributed by atoms with van der Waals surface area (Å²) in [5.74, 6) is -2.30. The normalized spacial score (nSPS) is 11.1. The summed E-state index contributed by atoms with van der Waals surface area (Å²) in [6.07, 6.45) is -4.51. The number of benzene rings is 1. The van der Waals surface area contributed by atoms with E-state index in [-0.39, 0.29) is 12.4 Å². The van der Waals surface area contributed by atoms with E-state index in [0.717, 1.165) is 0 Å². The van der Waals surface area contributed by atoms with E-state index in [9.17, 15) is 22.4 Å². The van der Waals surface area contributed by atoms with Crippen LogP contribution in [0.1, 0.15) is 6.42 Å². The Morgan fingerprint density at radius 2 is 1.72 bits per heavy atom. The number of halogens is 4. The third-order valence-electron chi connectivity index (χ3n) is 2.07. The van der Waals surface area contributed by atoms with Gasteiger partial charge in [-0.2, -0.15) is 13.2 Å². The second kappa shape index (κ2) is 6.23. The van der Waals surface area contributed by atoms with Crippen LogP contribution in [0.2, 0.25) is 0 Å². The van der Waals surface area contributed by atoms with Crippen LogP contribution in [0, 0.1) is 5.82 Å². The molecule has 0 atom stereocenters. The van der Waals surface area contributed by atoms with Gasteiger partial charge < -0.3 is 10.6 Å². The number of carbonyl (C=O) groups is 1. The zero-order valence-electron chi connectivity index (χ0n) is 9.35. The molecule has 0 aliphatic rings. The van der Waals surface area contributed by atoms with Gasteiger partial charge in [-0.1, -0.05) is 0 Å². The van der Waals surface area contributed by atoms with Gasteiger partial charge in [-0.25, -0.2) is 4.39 Å². The van der Waals surface area contributed by atoms with Gasteiger partial charge in [-0.15, -0.1) is 0 Å². The van der Waals surface area contributed by atoms with Gasteiger partial charge in [0.15, 0.2) is 0 Å². The molecular formula is C11H12F4N2O. The first-order valence-corrected chi connectivity index (χ1v) is 5.24. The zero-order chi connectivity index (χ0) is 13.6. The van der Waals surface area contributed by atoms with E-state index in [2.05, 4.69) is 5.32 Å². The summed E-state index contributed by atoms with van der Waals surface area (Å²) >= 11 is 0. The molecule has 1 aromatic rings. The minimum Gasteiger partial charge on any atom is -0.385 e. The first-order valence-electron chi connectivity index (χ1n) is 5.24. The summed E-state index contributed by atoms with van der Waals surface area (Å²) < 4.78 is 47.9. The van der Waals surface area contributed by atoms with Crippen molar-refractivity contribution < 1.29 is 22.4 Å². The topological polar surface area (TPSA) is 41.1 Å². The molecule has 2 N–H and O–H groups in total. The smallest absolute Gasteiger partial charge is 0.385 e. The molecule has 0 unspecified atom stereocenters. The summed E-state index contributed by atoms with van der Waals surface area (Å²) in [6.45, 7) is 0.302. The van der Waals surface area contributed by atoms with Crippen molar-refractivity contribution >= 4 is 11.6 Å². The molecule has 3 nitrogen and oxygen atoms in total. The average Bonchev–Trinajstić information content (AvgIpc) is 2.29. The number of anilines is 1. The maximum atomic E-state index is 12.5. The first-order chi connectivity index (χ1) is 8.39. The predicted molar refractivity (Wildman–Crippen MR) is 58.6 cm³/mol. The molecule has 0 aliphatic carbocycles. The molecule has 0 spiro atoms. The van der Waals surface area contributed by atoms with E-state index in [4.69, 9.17) is 0 Å². The Bertz CT molecular complexity index is 389. The lowest BCUT2D eigenvalue weighted by Gasteiger charge is -2.09.